The van der Waals surface area contributed by atoms with Crippen molar-refractivity contribution in [3.8, 4) is 0 Å². The van der Waals surface area contributed by atoms with Gasteiger partial charge in [-0.2, -0.15) is 0 Å². The molecule has 1 atom stereocenters. The quantitative estimate of drug-likeness (QED) is 0.858. The first kappa shape index (κ1) is 16.6. The molecule has 3 rings (SSSR count). The van der Waals surface area contributed by atoms with Crippen LogP contribution in [0, 0.1) is 6.92 Å². The summed E-state index contributed by atoms with van der Waals surface area (Å²) in [5, 5.41) is 11.7. The van der Waals surface area contributed by atoms with Crippen molar-refractivity contribution in [2.45, 2.75) is 32.7 Å². The number of rotatable bonds is 5. The molecule has 1 fully saturated rings. The Kier molecular flexibility index (Phi) is 4.91. The number of anilines is 2. The number of carbonyl (C=O) groups is 2. The highest BCUT2D eigenvalue weighted by Gasteiger charge is 2.29. The molecule has 1 saturated heterocycles. The number of nitrogens with one attached hydrogen (secondary N) is 2. The van der Waals surface area contributed by atoms with E-state index in [-0.39, 0.29) is 24.4 Å². The predicted molar refractivity (Wildman–Crippen MR) is 89.8 cm³/mol. The number of carbonyl (C=O) groups excluding carboxylic acids is 2. The predicted octanol–water partition coefficient (Wildman–Crippen LogP) is 2.17. The van der Waals surface area contributed by atoms with E-state index in [9.17, 15) is 9.59 Å². The van der Waals surface area contributed by atoms with Crippen LogP contribution >= 0.6 is 11.3 Å². The van der Waals surface area contributed by atoms with E-state index >= 15 is 0 Å². The minimum atomic E-state index is -0.138. The van der Waals surface area contributed by atoms with Gasteiger partial charge in [-0.15, -0.1) is 11.3 Å². The van der Waals surface area contributed by atoms with Crippen LogP contribution in [0.4, 0.5) is 10.9 Å². The smallest absolute Gasteiger partial charge is 0.239 e. The van der Waals surface area contributed by atoms with E-state index < -0.39 is 0 Å². The normalized spacial score (nSPS) is 17.8. The lowest BCUT2D eigenvalue weighted by molar-refractivity contribution is -0.117. The highest BCUT2D eigenvalue weighted by molar-refractivity contribution is 7.13. The summed E-state index contributed by atoms with van der Waals surface area (Å²) >= 11 is 1.40. The molecule has 0 aliphatic carbocycles. The Balaban J connectivity index is 1.61. The van der Waals surface area contributed by atoms with Gasteiger partial charge in [-0.25, -0.2) is 4.98 Å². The highest BCUT2D eigenvalue weighted by Crippen LogP contribution is 2.33. The summed E-state index contributed by atoms with van der Waals surface area (Å²) in [7, 11) is 0. The minimum absolute atomic E-state index is 0.0913. The fourth-order valence-corrected chi connectivity index (χ4v) is 3.59. The van der Waals surface area contributed by atoms with E-state index in [0.29, 0.717) is 16.7 Å². The van der Waals surface area contributed by atoms with Crippen LogP contribution in [0.15, 0.2) is 16.0 Å². The second-order valence-electron chi connectivity index (χ2n) is 5.76. The Morgan fingerprint density at radius 1 is 1.46 bits per heavy atom. The number of amides is 2. The molecular formula is C15H19N5O3S. The van der Waals surface area contributed by atoms with Gasteiger partial charge in [-0.05, 0) is 26.3 Å². The van der Waals surface area contributed by atoms with Gasteiger partial charge in [0.2, 0.25) is 11.8 Å². The first-order valence-electron chi connectivity index (χ1n) is 7.71. The largest absolute Gasteiger partial charge is 0.360 e. The van der Waals surface area contributed by atoms with Crippen molar-refractivity contribution in [2.75, 3.05) is 23.7 Å². The van der Waals surface area contributed by atoms with Gasteiger partial charge in [-0.3, -0.25) is 14.5 Å². The molecule has 0 bridgehead atoms. The van der Waals surface area contributed by atoms with E-state index in [1.165, 1.54) is 18.3 Å². The number of nitrogens with zero attached hydrogens (tertiary/aromatic N) is 3. The fraction of sp³-hybridized carbons (Fsp3) is 0.467. The van der Waals surface area contributed by atoms with Crippen LogP contribution in [0.25, 0.3) is 0 Å². The molecule has 2 aromatic rings. The van der Waals surface area contributed by atoms with Gasteiger partial charge >= 0.3 is 0 Å². The van der Waals surface area contributed by atoms with Gasteiger partial charge in [0.05, 0.1) is 18.3 Å². The molecule has 2 aromatic heterocycles. The maximum absolute atomic E-state index is 12.2. The zero-order valence-electron chi connectivity index (χ0n) is 13.5. The van der Waals surface area contributed by atoms with Gasteiger partial charge in [-0.1, -0.05) is 5.16 Å². The van der Waals surface area contributed by atoms with Crippen LogP contribution in [0.5, 0.6) is 0 Å². The SMILES string of the molecule is CC(=O)Nc1nc(C2CCCN2CC(=O)Nc2cc(C)on2)cs1. The zero-order chi connectivity index (χ0) is 17.1. The van der Waals surface area contributed by atoms with Gasteiger partial charge < -0.3 is 15.2 Å². The minimum Gasteiger partial charge on any atom is -0.360 e. The average Bonchev–Trinajstić information content (AvgIpc) is 3.20. The summed E-state index contributed by atoms with van der Waals surface area (Å²) in [5.41, 5.74) is 0.895. The topological polar surface area (TPSA) is 100 Å². The number of likely N-dealkylation sites (tertiary alicyclic amines) is 1. The summed E-state index contributed by atoms with van der Waals surface area (Å²) in [4.78, 5) is 29.9. The molecule has 0 aromatic carbocycles. The maximum Gasteiger partial charge on any atom is 0.239 e. The molecule has 24 heavy (non-hydrogen) atoms. The lowest BCUT2D eigenvalue weighted by atomic mass is 10.2. The number of thiazole rings is 1. The zero-order valence-corrected chi connectivity index (χ0v) is 14.4. The van der Waals surface area contributed by atoms with Crippen LogP contribution in [0.1, 0.15) is 37.3 Å². The molecule has 1 unspecified atom stereocenters. The molecule has 0 saturated carbocycles. The van der Waals surface area contributed by atoms with E-state index in [1.807, 2.05) is 5.38 Å². The second-order valence-corrected chi connectivity index (χ2v) is 6.62. The maximum atomic E-state index is 12.2. The first-order chi connectivity index (χ1) is 11.5. The molecule has 0 spiro atoms. The summed E-state index contributed by atoms with van der Waals surface area (Å²) in [6.45, 7) is 4.33. The van der Waals surface area contributed by atoms with E-state index in [4.69, 9.17) is 4.52 Å². The number of hydrogen-bond donors (Lipinski definition) is 2. The monoisotopic (exact) mass is 349 g/mol. The van der Waals surface area contributed by atoms with E-state index in [2.05, 4.69) is 25.7 Å². The van der Waals surface area contributed by atoms with Crippen molar-refractivity contribution in [2.24, 2.45) is 0 Å². The molecule has 128 valence electrons. The van der Waals surface area contributed by atoms with E-state index in [0.717, 1.165) is 25.1 Å². The Hall–Kier alpha value is -2.26. The molecular weight excluding hydrogens is 330 g/mol. The number of aromatic nitrogens is 2. The van der Waals surface area contributed by atoms with Crippen molar-refractivity contribution < 1.29 is 14.1 Å². The molecule has 2 amide bonds. The van der Waals surface area contributed by atoms with Crippen LogP contribution in [-0.4, -0.2) is 39.9 Å². The van der Waals surface area contributed by atoms with Gasteiger partial charge in [0.25, 0.3) is 0 Å². The van der Waals surface area contributed by atoms with Crippen LogP contribution in [0.2, 0.25) is 0 Å². The van der Waals surface area contributed by atoms with Crippen molar-refractivity contribution in [1.82, 2.24) is 15.0 Å². The van der Waals surface area contributed by atoms with Gasteiger partial charge in [0, 0.05) is 18.4 Å². The summed E-state index contributed by atoms with van der Waals surface area (Å²) in [5.74, 6) is 0.807. The van der Waals surface area contributed by atoms with Crippen molar-refractivity contribution in [3.05, 3.63) is 22.9 Å². The summed E-state index contributed by atoms with van der Waals surface area (Å²) in [6, 6.07) is 1.77. The second kappa shape index (κ2) is 7.10. The Morgan fingerprint density at radius 3 is 3.00 bits per heavy atom. The van der Waals surface area contributed by atoms with Crippen LogP contribution in [0.3, 0.4) is 0 Å². The lowest BCUT2D eigenvalue weighted by Crippen LogP contribution is -2.33. The third-order valence-electron chi connectivity index (χ3n) is 3.75. The molecule has 9 heteroatoms. The number of aryl methyl sites for hydroxylation is 1. The van der Waals surface area contributed by atoms with Gasteiger partial charge in [0.15, 0.2) is 10.9 Å². The van der Waals surface area contributed by atoms with Crippen molar-refractivity contribution >= 4 is 34.1 Å². The first-order valence-corrected chi connectivity index (χ1v) is 8.59. The van der Waals surface area contributed by atoms with Crippen molar-refractivity contribution in [3.63, 3.8) is 0 Å². The molecule has 1 aliphatic heterocycles. The summed E-state index contributed by atoms with van der Waals surface area (Å²) in [6.07, 6.45) is 1.95. The Bertz CT molecular complexity index is 741. The summed E-state index contributed by atoms with van der Waals surface area (Å²) < 4.78 is 4.94. The fourth-order valence-electron chi connectivity index (χ4n) is 2.79. The van der Waals surface area contributed by atoms with Crippen LogP contribution < -0.4 is 10.6 Å². The third-order valence-corrected chi connectivity index (χ3v) is 4.53. The Labute approximate surface area is 143 Å². The molecule has 0 radical (unpaired) electrons. The molecule has 2 N–H and O–H groups in total. The van der Waals surface area contributed by atoms with E-state index in [1.54, 1.807) is 13.0 Å². The highest BCUT2D eigenvalue weighted by atomic mass is 32.1. The molecule has 3 heterocycles. The average molecular weight is 349 g/mol. The third kappa shape index (κ3) is 3.98. The van der Waals surface area contributed by atoms with Crippen LogP contribution in [-0.2, 0) is 9.59 Å². The van der Waals surface area contributed by atoms with Crippen molar-refractivity contribution in [1.29, 1.82) is 0 Å². The molecule has 1 aliphatic rings. The lowest BCUT2D eigenvalue weighted by Gasteiger charge is -2.22. The standard InChI is InChI=1S/C15H19N5O3S/c1-9-6-13(19-23-9)18-14(22)7-20-5-3-4-12(20)11-8-24-15(17-11)16-10(2)21/h6,8,12H,3-5,7H2,1-2H3,(H,16,17,21)(H,18,19,22). The van der Waals surface area contributed by atoms with Gasteiger partial charge in [0.1, 0.15) is 5.76 Å². The number of hydrogen-bond acceptors (Lipinski definition) is 7. The molecule has 8 nitrogen and oxygen atoms in total. The Morgan fingerprint density at radius 2 is 2.29 bits per heavy atom.